The molecular formula is C22H24N4O2. The summed E-state index contributed by atoms with van der Waals surface area (Å²) in [6, 6.07) is 10.4. The summed E-state index contributed by atoms with van der Waals surface area (Å²) in [7, 11) is 0. The van der Waals surface area contributed by atoms with Crippen LogP contribution in [0.4, 0.5) is 11.5 Å². The maximum Gasteiger partial charge on any atom is 0.253 e. The van der Waals surface area contributed by atoms with E-state index < -0.39 is 0 Å². The van der Waals surface area contributed by atoms with Gasteiger partial charge in [0.1, 0.15) is 5.82 Å². The van der Waals surface area contributed by atoms with Crippen molar-refractivity contribution in [3.63, 3.8) is 0 Å². The molecule has 5 rings (SSSR count). The topological polar surface area (TPSA) is 74.3 Å². The number of benzene rings is 1. The Labute approximate surface area is 164 Å². The SMILES string of the molecule is O=C(NC1CCc2ccccc2C1)c1cnc2c(c1)N(CC1CC1)C(=O)CN2. The highest BCUT2D eigenvalue weighted by molar-refractivity contribution is 6.04. The third kappa shape index (κ3) is 3.35. The summed E-state index contributed by atoms with van der Waals surface area (Å²) in [6.07, 6.45) is 6.72. The minimum Gasteiger partial charge on any atom is -0.359 e. The third-order valence-electron chi connectivity index (χ3n) is 5.95. The summed E-state index contributed by atoms with van der Waals surface area (Å²) in [5.41, 5.74) is 3.93. The number of hydrogen-bond acceptors (Lipinski definition) is 4. The number of anilines is 2. The summed E-state index contributed by atoms with van der Waals surface area (Å²) < 4.78 is 0. The van der Waals surface area contributed by atoms with Crippen LogP contribution in [0.3, 0.4) is 0 Å². The first kappa shape index (κ1) is 17.2. The number of pyridine rings is 1. The molecule has 0 bridgehead atoms. The number of aromatic nitrogens is 1. The number of aryl methyl sites for hydroxylation is 1. The molecule has 1 fully saturated rings. The Morgan fingerprint density at radius 1 is 1.21 bits per heavy atom. The van der Waals surface area contributed by atoms with Crippen molar-refractivity contribution < 1.29 is 9.59 Å². The summed E-state index contributed by atoms with van der Waals surface area (Å²) in [5.74, 6) is 1.19. The van der Waals surface area contributed by atoms with Crippen LogP contribution in [0.1, 0.15) is 40.7 Å². The number of nitrogens with zero attached hydrogens (tertiary/aromatic N) is 2. The molecule has 2 aliphatic carbocycles. The first-order valence-corrected chi connectivity index (χ1v) is 10.1. The molecule has 1 unspecified atom stereocenters. The van der Waals surface area contributed by atoms with Crippen LogP contribution in [-0.4, -0.2) is 35.9 Å². The zero-order valence-electron chi connectivity index (χ0n) is 15.8. The fourth-order valence-electron chi connectivity index (χ4n) is 4.16. The summed E-state index contributed by atoms with van der Waals surface area (Å²) in [5, 5.41) is 6.22. The molecule has 1 aromatic carbocycles. The van der Waals surface area contributed by atoms with E-state index in [9.17, 15) is 9.59 Å². The predicted molar refractivity (Wildman–Crippen MR) is 108 cm³/mol. The molecule has 2 heterocycles. The minimum absolute atomic E-state index is 0.0441. The van der Waals surface area contributed by atoms with Crippen molar-refractivity contribution in [2.24, 2.45) is 5.92 Å². The van der Waals surface area contributed by atoms with Crippen molar-refractivity contribution in [3.8, 4) is 0 Å². The van der Waals surface area contributed by atoms with Gasteiger partial charge in [-0.3, -0.25) is 9.59 Å². The van der Waals surface area contributed by atoms with E-state index in [0.717, 1.165) is 31.5 Å². The third-order valence-corrected chi connectivity index (χ3v) is 5.95. The molecule has 1 saturated carbocycles. The Bertz CT molecular complexity index is 938. The van der Waals surface area contributed by atoms with Gasteiger partial charge >= 0.3 is 0 Å². The largest absolute Gasteiger partial charge is 0.359 e. The van der Waals surface area contributed by atoms with Crippen molar-refractivity contribution in [3.05, 3.63) is 53.2 Å². The van der Waals surface area contributed by atoms with Gasteiger partial charge in [0.25, 0.3) is 5.91 Å². The van der Waals surface area contributed by atoms with Crippen molar-refractivity contribution in [1.82, 2.24) is 10.3 Å². The van der Waals surface area contributed by atoms with E-state index in [1.807, 2.05) is 0 Å². The van der Waals surface area contributed by atoms with Crippen LogP contribution in [-0.2, 0) is 17.6 Å². The maximum atomic E-state index is 12.9. The highest BCUT2D eigenvalue weighted by atomic mass is 16.2. The number of carbonyl (C=O) groups is 2. The van der Waals surface area contributed by atoms with Gasteiger partial charge in [-0.15, -0.1) is 0 Å². The first-order chi connectivity index (χ1) is 13.7. The Balaban J connectivity index is 1.33. The second-order valence-electron chi connectivity index (χ2n) is 8.07. The monoisotopic (exact) mass is 376 g/mol. The van der Waals surface area contributed by atoms with E-state index in [4.69, 9.17) is 0 Å². The summed E-state index contributed by atoms with van der Waals surface area (Å²) >= 11 is 0. The smallest absolute Gasteiger partial charge is 0.253 e. The van der Waals surface area contributed by atoms with Crippen molar-refractivity contribution >= 4 is 23.3 Å². The van der Waals surface area contributed by atoms with E-state index in [1.54, 1.807) is 17.2 Å². The molecule has 6 heteroatoms. The van der Waals surface area contributed by atoms with Gasteiger partial charge in [0, 0.05) is 18.8 Å². The lowest BCUT2D eigenvalue weighted by Gasteiger charge is -2.30. The van der Waals surface area contributed by atoms with Gasteiger partial charge in [0.2, 0.25) is 5.91 Å². The second-order valence-corrected chi connectivity index (χ2v) is 8.07. The lowest BCUT2D eigenvalue weighted by atomic mass is 9.88. The van der Waals surface area contributed by atoms with Gasteiger partial charge < -0.3 is 15.5 Å². The van der Waals surface area contributed by atoms with Crippen LogP contribution in [0.25, 0.3) is 0 Å². The van der Waals surface area contributed by atoms with Crippen LogP contribution in [0.2, 0.25) is 0 Å². The summed E-state index contributed by atoms with van der Waals surface area (Å²) in [6.45, 7) is 0.986. The molecule has 1 atom stereocenters. The number of hydrogen-bond donors (Lipinski definition) is 2. The van der Waals surface area contributed by atoms with E-state index in [0.29, 0.717) is 17.3 Å². The fraction of sp³-hybridized carbons (Fsp3) is 0.409. The quantitative estimate of drug-likeness (QED) is 0.860. The zero-order chi connectivity index (χ0) is 19.1. The van der Waals surface area contributed by atoms with Gasteiger partial charge in [-0.1, -0.05) is 24.3 Å². The van der Waals surface area contributed by atoms with E-state index in [-0.39, 0.29) is 24.4 Å². The van der Waals surface area contributed by atoms with Crippen LogP contribution in [0.5, 0.6) is 0 Å². The Hall–Kier alpha value is -2.89. The molecule has 0 spiro atoms. The van der Waals surface area contributed by atoms with Crippen LogP contribution in [0.15, 0.2) is 36.5 Å². The predicted octanol–water partition coefficient (Wildman–Crippen LogP) is 2.54. The van der Waals surface area contributed by atoms with E-state index in [2.05, 4.69) is 39.9 Å². The van der Waals surface area contributed by atoms with Crippen molar-refractivity contribution in [2.75, 3.05) is 23.3 Å². The number of amides is 2. The van der Waals surface area contributed by atoms with Crippen LogP contribution in [0, 0.1) is 5.92 Å². The van der Waals surface area contributed by atoms with Crippen LogP contribution >= 0.6 is 0 Å². The van der Waals surface area contributed by atoms with Crippen LogP contribution < -0.4 is 15.5 Å². The second kappa shape index (κ2) is 6.93. The molecule has 0 radical (unpaired) electrons. The molecule has 1 aliphatic heterocycles. The highest BCUT2D eigenvalue weighted by Gasteiger charge is 2.32. The normalized spacial score (nSPS) is 20.8. The molecule has 0 saturated heterocycles. The summed E-state index contributed by atoms with van der Waals surface area (Å²) in [4.78, 5) is 31.4. The molecule has 144 valence electrons. The molecular weight excluding hydrogens is 352 g/mol. The Morgan fingerprint density at radius 3 is 2.86 bits per heavy atom. The molecule has 1 aromatic heterocycles. The van der Waals surface area contributed by atoms with Gasteiger partial charge in [0.15, 0.2) is 0 Å². The number of nitrogens with one attached hydrogen (secondary N) is 2. The highest BCUT2D eigenvalue weighted by Crippen LogP contribution is 2.35. The standard InChI is InChI=1S/C22H24N4O2/c27-20-12-24-21-19(26(20)13-14-5-6-14)10-17(11-23-21)22(28)25-18-8-7-15-3-1-2-4-16(15)9-18/h1-4,10-11,14,18H,5-9,12-13H2,(H,23,24)(H,25,28). The molecule has 2 N–H and O–H groups in total. The lowest BCUT2D eigenvalue weighted by Crippen LogP contribution is -2.42. The van der Waals surface area contributed by atoms with Gasteiger partial charge in [-0.25, -0.2) is 4.98 Å². The average molecular weight is 376 g/mol. The van der Waals surface area contributed by atoms with E-state index >= 15 is 0 Å². The molecule has 6 nitrogen and oxygen atoms in total. The first-order valence-electron chi connectivity index (χ1n) is 10.1. The number of rotatable bonds is 4. The van der Waals surface area contributed by atoms with Crippen molar-refractivity contribution in [2.45, 2.75) is 38.1 Å². The number of fused-ring (bicyclic) bond motifs is 2. The Morgan fingerprint density at radius 2 is 2.04 bits per heavy atom. The lowest BCUT2D eigenvalue weighted by molar-refractivity contribution is -0.117. The van der Waals surface area contributed by atoms with E-state index in [1.165, 1.54) is 24.0 Å². The Kier molecular flexibility index (Phi) is 4.26. The average Bonchev–Trinajstić information content (AvgIpc) is 3.54. The maximum absolute atomic E-state index is 12.9. The van der Waals surface area contributed by atoms with Gasteiger partial charge in [-0.2, -0.15) is 0 Å². The fourth-order valence-corrected chi connectivity index (χ4v) is 4.16. The molecule has 3 aliphatic rings. The van der Waals surface area contributed by atoms with Crippen molar-refractivity contribution in [1.29, 1.82) is 0 Å². The van der Waals surface area contributed by atoms with Gasteiger partial charge in [0.05, 0.1) is 17.8 Å². The molecule has 2 amide bonds. The molecule has 2 aromatic rings. The molecule has 28 heavy (non-hydrogen) atoms. The number of carbonyl (C=O) groups excluding carboxylic acids is 2. The van der Waals surface area contributed by atoms with Gasteiger partial charge in [-0.05, 0) is 55.2 Å². The minimum atomic E-state index is -0.121. The zero-order valence-corrected chi connectivity index (χ0v) is 15.8.